The Morgan fingerprint density at radius 3 is 1.76 bits per heavy atom. The maximum atomic E-state index is 13.1. The summed E-state index contributed by atoms with van der Waals surface area (Å²) in [6, 6.07) is 15.3. The Hall–Kier alpha value is -4.48. The molecule has 0 aliphatic heterocycles. The fourth-order valence-electron chi connectivity index (χ4n) is 2.94. The number of nitro groups is 1. The van der Waals surface area contributed by atoms with E-state index in [9.17, 15) is 34.4 Å². The van der Waals surface area contributed by atoms with Crippen molar-refractivity contribution in [3.05, 3.63) is 104 Å². The number of aliphatic carboxylic acids is 1. The number of nitrogens with one attached hydrogen (secondary N) is 1. The number of anilines is 1. The summed E-state index contributed by atoms with van der Waals surface area (Å²) in [4.78, 5) is 60.7. The van der Waals surface area contributed by atoms with Crippen LogP contribution in [0.3, 0.4) is 0 Å². The molecule has 1 amide bonds. The van der Waals surface area contributed by atoms with Crippen LogP contribution in [0.25, 0.3) is 0 Å². The SMILES string of the molecule is O=C(O[C@H](C(=O)Nc1cccc([N+](=O)[O-])c1)[C@@H](OC(=O)c1ccc(Cl)cc1)C(=O)O)c1ccc(Cl)cc1. The van der Waals surface area contributed by atoms with Crippen LogP contribution in [0.1, 0.15) is 20.7 Å². The molecule has 0 heterocycles. The average molecular weight is 547 g/mol. The van der Waals surface area contributed by atoms with Crippen LogP contribution in [0.2, 0.25) is 10.0 Å². The van der Waals surface area contributed by atoms with Gasteiger partial charge in [-0.05, 0) is 54.6 Å². The molecule has 3 aromatic rings. The zero-order chi connectivity index (χ0) is 27.1. The Morgan fingerprint density at radius 1 is 0.811 bits per heavy atom. The van der Waals surface area contributed by atoms with E-state index in [1.54, 1.807) is 0 Å². The predicted octanol–water partition coefficient (Wildman–Crippen LogP) is 4.38. The lowest BCUT2D eigenvalue weighted by Gasteiger charge is -2.23. The second kappa shape index (κ2) is 12.0. The van der Waals surface area contributed by atoms with E-state index in [0.29, 0.717) is 10.0 Å². The summed E-state index contributed by atoms with van der Waals surface area (Å²) in [6.07, 6.45) is -4.49. The van der Waals surface area contributed by atoms with E-state index >= 15 is 0 Å². The van der Waals surface area contributed by atoms with E-state index < -0.39 is 40.9 Å². The van der Waals surface area contributed by atoms with Gasteiger partial charge in [-0.3, -0.25) is 14.9 Å². The highest BCUT2D eigenvalue weighted by Crippen LogP contribution is 2.20. The van der Waals surface area contributed by atoms with Gasteiger partial charge < -0.3 is 19.9 Å². The molecular formula is C24H16Cl2N2O9. The second-order valence-electron chi connectivity index (χ2n) is 7.30. The molecule has 0 saturated carbocycles. The monoisotopic (exact) mass is 546 g/mol. The van der Waals surface area contributed by atoms with Crippen molar-refractivity contribution in [3.8, 4) is 0 Å². The van der Waals surface area contributed by atoms with Gasteiger partial charge in [0.05, 0.1) is 16.1 Å². The summed E-state index contributed by atoms with van der Waals surface area (Å²) in [5.41, 5.74) is -0.625. The van der Waals surface area contributed by atoms with Crippen molar-refractivity contribution >= 4 is 58.4 Å². The summed E-state index contributed by atoms with van der Waals surface area (Å²) < 4.78 is 10.2. The summed E-state index contributed by atoms with van der Waals surface area (Å²) >= 11 is 11.6. The Labute approximate surface area is 218 Å². The molecule has 0 unspecified atom stereocenters. The van der Waals surface area contributed by atoms with Crippen LogP contribution < -0.4 is 5.32 Å². The van der Waals surface area contributed by atoms with Crippen molar-refractivity contribution in [2.45, 2.75) is 12.2 Å². The number of nitro benzene ring substituents is 1. The zero-order valence-corrected chi connectivity index (χ0v) is 20.0. The van der Waals surface area contributed by atoms with Gasteiger partial charge in [0.2, 0.25) is 12.2 Å². The number of ether oxygens (including phenoxy) is 2. The van der Waals surface area contributed by atoms with Crippen molar-refractivity contribution in [1.82, 2.24) is 0 Å². The van der Waals surface area contributed by atoms with Crippen molar-refractivity contribution in [3.63, 3.8) is 0 Å². The Balaban J connectivity index is 1.92. The number of amides is 1. The number of halogens is 2. The third-order valence-corrected chi connectivity index (χ3v) is 5.23. The fourth-order valence-corrected chi connectivity index (χ4v) is 3.20. The maximum absolute atomic E-state index is 13.1. The number of carboxylic acids is 1. The van der Waals surface area contributed by atoms with Gasteiger partial charge in [-0.2, -0.15) is 0 Å². The van der Waals surface area contributed by atoms with Crippen molar-refractivity contribution in [1.29, 1.82) is 0 Å². The Morgan fingerprint density at radius 2 is 1.30 bits per heavy atom. The number of benzene rings is 3. The molecule has 37 heavy (non-hydrogen) atoms. The number of hydrogen-bond donors (Lipinski definition) is 2. The first-order valence-corrected chi connectivity index (χ1v) is 11.0. The molecule has 2 N–H and O–H groups in total. The highest BCUT2D eigenvalue weighted by Gasteiger charge is 2.41. The minimum absolute atomic E-state index is 0.0780. The van der Waals surface area contributed by atoms with E-state index in [2.05, 4.69) is 5.32 Å². The largest absolute Gasteiger partial charge is 0.478 e. The quantitative estimate of drug-likeness (QED) is 0.225. The molecule has 0 fully saturated rings. The molecule has 0 bridgehead atoms. The van der Waals surface area contributed by atoms with Gasteiger partial charge in [0.1, 0.15) is 0 Å². The molecule has 3 rings (SSSR count). The smallest absolute Gasteiger partial charge is 0.349 e. The third-order valence-electron chi connectivity index (χ3n) is 4.73. The van der Waals surface area contributed by atoms with E-state index in [0.717, 1.165) is 6.07 Å². The number of non-ortho nitro benzene ring substituents is 1. The van der Waals surface area contributed by atoms with Gasteiger partial charge in [0, 0.05) is 27.9 Å². The van der Waals surface area contributed by atoms with E-state index in [1.165, 1.54) is 66.7 Å². The van der Waals surface area contributed by atoms with Crippen molar-refractivity contribution in [2.24, 2.45) is 0 Å². The van der Waals surface area contributed by atoms with Crippen LogP contribution in [0, 0.1) is 10.1 Å². The third kappa shape index (κ3) is 7.26. The molecule has 0 aliphatic rings. The maximum Gasteiger partial charge on any atom is 0.349 e. The van der Waals surface area contributed by atoms with Crippen LogP contribution in [-0.4, -0.2) is 46.1 Å². The highest BCUT2D eigenvalue weighted by molar-refractivity contribution is 6.31. The van der Waals surface area contributed by atoms with Gasteiger partial charge in [-0.15, -0.1) is 0 Å². The standard InChI is InChI=1S/C24H16Cl2N2O9/c25-15-8-4-13(5-9-15)23(32)36-19(21(29)27-17-2-1-3-18(12-17)28(34)35)20(22(30)31)37-24(33)14-6-10-16(26)11-7-14/h1-12,19-20H,(H,27,29)(H,30,31)/t19-,20+/m0/s1. The summed E-state index contributed by atoms with van der Waals surface area (Å²) in [5.74, 6) is -5.28. The molecule has 11 nitrogen and oxygen atoms in total. The van der Waals surface area contributed by atoms with Gasteiger partial charge in [0.25, 0.3) is 11.6 Å². The molecule has 0 radical (unpaired) electrons. The number of carboxylic acid groups (broad SMARTS) is 1. The van der Waals surface area contributed by atoms with E-state index in [4.69, 9.17) is 32.7 Å². The van der Waals surface area contributed by atoms with Gasteiger partial charge in [-0.1, -0.05) is 29.3 Å². The number of nitrogens with zero attached hydrogens (tertiary/aromatic N) is 1. The molecule has 3 aromatic carbocycles. The lowest BCUT2D eigenvalue weighted by atomic mass is 10.1. The van der Waals surface area contributed by atoms with Crippen molar-refractivity contribution in [2.75, 3.05) is 5.32 Å². The minimum atomic E-state index is -2.29. The molecule has 13 heteroatoms. The Bertz CT molecular complexity index is 1350. The van der Waals surface area contributed by atoms with Crippen molar-refractivity contribution < 1.29 is 38.7 Å². The molecule has 2 atom stereocenters. The topological polar surface area (TPSA) is 162 Å². The molecule has 0 saturated heterocycles. The number of rotatable bonds is 9. The molecule has 190 valence electrons. The minimum Gasteiger partial charge on any atom is -0.478 e. The predicted molar refractivity (Wildman–Crippen MR) is 131 cm³/mol. The second-order valence-corrected chi connectivity index (χ2v) is 8.17. The zero-order valence-electron chi connectivity index (χ0n) is 18.5. The highest BCUT2D eigenvalue weighted by atomic mass is 35.5. The Kier molecular flexibility index (Phi) is 8.77. The van der Waals surface area contributed by atoms with Gasteiger partial charge in [0.15, 0.2) is 0 Å². The van der Waals surface area contributed by atoms with Gasteiger partial charge in [-0.25, -0.2) is 14.4 Å². The first-order chi connectivity index (χ1) is 17.5. The van der Waals surface area contributed by atoms with Crippen LogP contribution in [0.4, 0.5) is 11.4 Å². The summed E-state index contributed by atoms with van der Waals surface area (Å²) in [6.45, 7) is 0. The van der Waals surface area contributed by atoms with Crippen LogP contribution in [0.5, 0.6) is 0 Å². The lowest BCUT2D eigenvalue weighted by molar-refractivity contribution is -0.384. The van der Waals surface area contributed by atoms with E-state index in [1.807, 2.05) is 0 Å². The molecule has 0 aromatic heterocycles. The normalized spacial score (nSPS) is 12.1. The summed E-state index contributed by atoms with van der Waals surface area (Å²) in [5, 5.41) is 23.7. The summed E-state index contributed by atoms with van der Waals surface area (Å²) in [7, 11) is 0. The number of carbonyl (C=O) groups excluding carboxylic acids is 3. The van der Waals surface area contributed by atoms with Crippen LogP contribution >= 0.6 is 23.2 Å². The molecular weight excluding hydrogens is 531 g/mol. The number of esters is 2. The number of carbonyl (C=O) groups is 4. The van der Waals surface area contributed by atoms with Gasteiger partial charge >= 0.3 is 17.9 Å². The average Bonchev–Trinajstić information content (AvgIpc) is 2.86. The molecule has 0 aliphatic carbocycles. The number of hydrogen-bond acceptors (Lipinski definition) is 8. The first kappa shape index (κ1) is 27.1. The fraction of sp³-hybridized carbons (Fsp3) is 0.0833. The van der Waals surface area contributed by atoms with E-state index in [-0.39, 0.29) is 22.5 Å². The van der Waals surface area contributed by atoms with Crippen LogP contribution in [0.15, 0.2) is 72.8 Å². The first-order valence-electron chi connectivity index (χ1n) is 10.3. The molecule has 0 spiro atoms. The van der Waals surface area contributed by atoms with Crippen LogP contribution in [-0.2, 0) is 19.1 Å². The lowest BCUT2D eigenvalue weighted by Crippen LogP contribution is -2.48.